The van der Waals surface area contributed by atoms with Crippen LogP contribution in [0.15, 0.2) is 78.2 Å². The van der Waals surface area contributed by atoms with Crippen LogP contribution in [-0.4, -0.2) is 37.7 Å². The highest BCUT2D eigenvalue weighted by Gasteiger charge is 2.21. The number of fused-ring (bicyclic) bond motifs is 1. The molecule has 0 saturated carbocycles. The molecule has 0 saturated heterocycles. The zero-order valence-corrected chi connectivity index (χ0v) is 19.4. The van der Waals surface area contributed by atoms with Crippen molar-refractivity contribution in [1.82, 2.24) is 25.1 Å². The number of benzene rings is 2. The fourth-order valence-corrected chi connectivity index (χ4v) is 4.46. The van der Waals surface area contributed by atoms with E-state index in [0.717, 1.165) is 22.4 Å². The van der Waals surface area contributed by atoms with Gasteiger partial charge in [0.1, 0.15) is 0 Å². The number of amides is 1. The molecular weight excluding hydrogens is 450 g/mol. The SMILES string of the molecule is C[C@@H](Sc1nnc(-c2cccnc2)n1Cc1ccccc1)C(=O)NCc1ccc2c(c1)OCO2. The number of nitrogens with one attached hydrogen (secondary N) is 1. The lowest BCUT2D eigenvalue weighted by Gasteiger charge is -2.14. The van der Waals surface area contributed by atoms with Crippen LogP contribution in [0.2, 0.25) is 0 Å². The molecule has 1 aliphatic heterocycles. The summed E-state index contributed by atoms with van der Waals surface area (Å²) in [4.78, 5) is 17.1. The molecule has 8 nitrogen and oxygen atoms in total. The molecular formula is C25H23N5O3S. The van der Waals surface area contributed by atoms with Gasteiger partial charge in [-0.1, -0.05) is 48.2 Å². The zero-order chi connectivity index (χ0) is 23.3. The second kappa shape index (κ2) is 9.96. The Labute approximate surface area is 201 Å². The molecule has 9 heteroatoms. The van der Waals surface area contributed by atoms with Gasteiger partial charge >= 0.3 is 0 Å². The number of aromatic nitrogens is 4. The smallest absolute Gasteiger partial charge is 0.233 e. The van der Waals surface area contributed by atoms with Crippen LogP contribution in [0.5, 0.6) is 11.5 Å². The lowest BCUT2D eigenvalue weighted by Crippen LogP contribution is -2.30. The Kier molecular flexibility index (Phi) is 6.44. The predicted molar refractivity (Wildman–Crippen MR) is 129 cm³/mol. The number of ether oxygens (including phenoxy) is 2. The summed E-state index contributed by atoms with van der Waals surface area (Å²) in [5.41, 5.74) is 2.94. The van der Waals surface area contributed by atoms with Gasteiger partial charge in [0.05, 0.1) is 11.8 Å². The molecule has 0 fully saturated rings. The van der Waals surface area contributed by atoms with Crippen LogP contribution in [0.1, 0.15) is 18.1 Å². The number of hydrogen-bond donors (Lipinski definition) is 1. The Morgan fingerprint density at radius 2 is 1.91 bits per heavy atom. The number of pyridine rings is 1. The van der Waals surface area contributed by atoms with Crippen molar-refractivity contribution in [1.29, 1.82) is 0 Å². The molecule has 4 aromatic rings. The molecule has 0 bridgehead atoms. The quantitative estimate of drug-likeness (QED) is 0.388. The third-order valence-electron chi connectivity index (χ3n) is 5.38. The molecule has 0 unspecified atom stereocenters. The monoisotopic (exact) mass is 473 g/mol. The fraction of sp³-hybridized carbons (Fsp3) is 0.200. The highest BCUT2D eigenvalue weighted by atomic mass is 32.2. The number of hydrogen-bond acceptors (Lipinski definition) is 7. The molecule has 3 heterocycles. The Hall–Kier alpha value is -3.85. The predicted octanol–water partition coefficient (Wildman–Crippen LogP) is 3.91. The summed E-state index contributed by atoms with van der Waals surface area (Å²) in [6.45, 7) is 3.08. The van der Waals surface area contributed by atoms with Gasteiger partial charge in [-0.2, -0.15) is 0 Å². The summed E-state index contributed by atoms with van der Waals surface area (Å²) in [5, 5.41) is 12.1. The Morgan fingerprint density at radius 3 is 2.74 bits per heavy atom. The van der Waals surface area contributed by atoms with Crippen molar-refractivity contribution < 1.29 is 14.3 Å². The molecule has 1 amide bonds. The van der Waals surface area contributed by atoms with E-state index in [-0.39, 0.29) is 18.0 Å². The minimum Gasteiger partial charge on any atom is -0.454 e. The van der Waals surface area contributed by atoms with Crippen molar-refractivity contribution in [3.8, 4) is 22.9 Å². The molecule has 0 radical (unpaired) electrons. The van der Waals surface area contributed by atoms with Crippen LogP contribution in [-0.2, 0) is 17.9 Å². The summed E-state index contributed by atoms with van der Waals surface area (Å²) in [6, 6.07) is 19.6. The Balaban J connectivity index is 1.30. The van der Waals surface area contributed by atoms with E-state index in [1.807, 2.05) is 60.0 Å². The molecule has 1 atom stereocenters. The van der Waals surface area contributed by atoms with Crippen LogP contribution in [0, 0.1) is 0 Å². The van der Waals surface area contributed by atoms with Crippen molar-refractivity contribution >= 4 is 17.7 Å². The van der Waals surface area contributed by atoms with Gasteiger partial charge in [0, 0.05) is 24.5 Å². The summed E-state index contributed by atoms with van der Waals surface area (Å²) in [6.07, 6.45) is 3.49. The lowest BCUT2D eigenvalue weighted by molar-refractivity contribution is -0.120. The van der Waals surface area contributed by atoms with Crippen LogP contribution in [0.3, 0.4) is 0 Å². The molecule has 172 valence electrons. The van der Waals surface area contributed by atoms with Gasteiger partial charge in [-0.15, -0.1) is 10.2 Å². The number of carbonyl (C=O) groups is 1. The van der Waals surface area contributed by atoms with E-state index in [0.29, 0.717) is 29.8 Å². The topological polar surface area (TPSA) is 91.2 Å². The maximum atomic E-state index is 12.8. The minimum absolute atomic E-state index is 0.0835. The van der Waals surface area contributed by atoms with Gasteiger partial charge < -0.3 is 14.8 Å². The highest BCUT2D eigenvalue weighted by molar-refractivity contribution is 8.00. The number of nitrogens with zero attached hydrogens (tertiary/aromatic N) is 4. The van der Waals surface area contributed by atoms with E-state index >= 15 is 0 Å². The van der Waals surface area contributed by atoms with Crippen molar-refractivity contribution in [2.24, 2.45) is 0 Å². The molecule has 0 spiro atoms. The second-order valence-corrected chi connectivity index (χ2v) is 9.09. The first-order chi connectivity index (χ1) is 16.7. The van der Waals surface area contributed by atoms with Gasteiger partial charge in [-0.3, -0.25) is 14.3 Å². The van der Waals surface area contributed by atoms with Crippen molar-refractivity contribution in [3.05, 3.63) is 84.2 Å². The second-order valence-electron chi connectivity index (χ2n) is 7.79. The van der Waals surface area contributed by atoms with Gasteiger partial charge in [0.15, 0.2) is 22.5 Å². The van der Waals surface area contributed by atoms with E-state index in [9.17, 15) is 4.79 Å². The Bertz CT molecular complexity index is 1280. The van der Waals surface area contributed by atoms with E-state index in [2.05, 4.69) is 32.6 Å². The average molecular weight is 474 g/mol. The van der Waals surface area contributed by atoms with E-state index in [4.69, 9.17) is 9.47 Å². The highest BCUT2D eigenvalue weighted by Crippen LogP contribution is 2.32. The maximum Gasteiger partial charge on any atom is 0.233 e. The van der Waals surface area contributed by atoms with E-state index in [1.165, 1.54) is 11.8 Å². The van der Waals surface area contributed by atoms with Crippen LogP contribution in [0.4, 0.5) is 0 Å². The molecule has 1 N–H and O–H groups in total. The largest absolute Gasteiger partial charge is 0.454 e. The van der Waals surface area contributed by atoms with E-state index < -0.39 is 0 Å². The average Bonchev–Trinajstić information content (AvgIpc) is 3.50. The van der Waals surface area contributed by atoms with Crippen LogP contribution < -0.4 is 14.8 Å². The number of carbonyl (C=O) groups excluding carboxylic acids is 1. The van der Waals surface area contributed by atoms with Gasteiger partial charge in [-0.25, -0.2) is 0 Å². The molecule has 34 heavy (non-hydrogen) atoms. The van der Waals surface area contributed by atoms with E-state index in [1.54, 1.807) is 12.4 Å². The molecule has 1 aliphatic rings. The van der Waals surface area contributed by atoms with Gasteiger partial charge in [-0.05, 0) is 42.3 Å². The third-order valence-corrected chi connectivity index (χ3v) is 6.46. The third kappa shape index (κ3) is 4.89. The zero-order valence-electron chi connectivity index (χ0n) is 18.5. The summed E-state index contributed by atoms with van der Waals surface area (Å²) in [7, 11) is 0. The first-order valence-corrected chi connectivity index (χ1v) is 11.8. The van der Waals surface area contributed by atoms with Crippen LogP contribution >= 0.6 is 11.8 Å². The summed E-state index contributed by atoms with van der Waals surface area (Å²) < 4.78 is 12.8. The molecule has 5 rings (SSSR count). The van der Waals surface area contributed by atoms with Crippen molar-refractivity contribution in [2.45, 2.75) is 30.4 Å². The first kappa shape index (κ1) is 22.0. The normalized spacial score (nSPS) is 13.0. The molecule has 2 aromatic heterocycles. The lowest BCUT2D eigenvalue weighted by atomic mass is 10.2. The van der Waals surface area contributed by atoms with Gasteiger partial charge in [0.25, 0.3) is 0 Å². The van der Waals surface area contributed by atoms with Crippen LogP contribution in [0.25, 0.3) is 11.4 Å². The van der Waals surface area contributed by atoms with Gasteiger partial charge in [0.2, 0.25) is 12.7 Å². The van der Waals surface area contributed by atoms with Crippen molar-refractivity contribution in [2.75, 3.05) is 6.79 Å². The molecule has 2 aromatic carbocycles. The maximum absolute atomic E-state index is 12.8. The Morgan fingerprint density at radius 1 is 1.06 bits per heavy atom. The van der Waals surface area contributed by atoms with Crippen molar-refractivity contribution in [3.63, 3.8) is 0 Å². The summed E-state index contributed by atoms with van der Waals surface area (Å²) >= 11 is 1.38. The first-order valence-electron chi connectivity index (χ1n) is 10.9. The number of rotatable bonds is 8. The molecule has 0 aliphatic carbocycles. The minimum atomic E-state index is -0.366. The fourth-order valence-electron chi connectivity index (χ4n) is 3.59. The standard InChI is InChI=1S/C25H23N5O3S/c1-17(24(31)27-13-19-9-10-21-22(12-19)33-16-32-21)34-25-29-28-23(20-8-5-11-26-14-20)30(25)15-18-6-3-2-4-7-18/h2-12,14,17H,13,15-16H2,1H3,(H,27,31)/t17-/m1/s1. The summed E-state index contributed by atoms with van der Waals surface area (Å²) in [5.74, 6) is 2.06. The number of thioether (sulfide) groups is 1.